The quantitative estimate of drug-likeness (QED) is 0.767. The van der Waals surface area contributed by atoms with E-state index in [-0.39, 0.29) is 5.91 Å². The SMILES string of the molecule is CCCN1C(=O)C(N)c2ccccc21. The van der Waals surface area contributed by atoms with Crippen molar-refractivity contribution >= 4 is 11.6 Å². The van der Waals surface area contributed by atoms with Gasteiger partial charge < -0.3 is 10.6 Å². The number of hydrogen-bond donors (Lipinski definition) is 1. The Bertz CT molecular complexity index is 362. The van der Waals surface area contributed by atoms with Gasteiger partial charge in [0.1, 0.15) is 6.04 Å². The van der Waals surface area contributed by atoms with Crippen LogP contribution in [0, 0.1) is 0 Å². The number of carbonyl (C=O) groups is 1. The summed E-state index contributed by atoms with van der Waals surface area (Å²) in [5.41, 5.74) is 7.75. The molecular formula is C11H14N2O. The molecule has 0 bridgehead atoms. The number of anilines is 1. The zero-order valence-electron chi connectivity index (χ0n) is 8.23. The molecule has 0 aliphatic carbocycles. The van der Waals surface area contributed by atoms with E-state index in [1.807, 2.05) is 24.3 Å². The summed E-state index contributed by atoms with van der Waals surface area (Å²) in [4.78, 5) is 13.5. The van der Waals surface area contributed by atoms with Gasteiger partial charge in [-0.15, -0.1) is 0 Å². The number of fused-ring (bicyclic) bond motifs is 1. The Kier molecular flexibility index (Phi) is 2.25. The lowest BCUT2D eigenvalue weighted by atomic mass is 10.1. The fourth-order valence-corrected chi connectivity index (χ4v) is 1.87. The topological polar surface area (TPSA) is 46.3 Å². The van der Waals surface area contributed by atoms with Crippen LogP contribution in [-0.2, 0) is 4.79 Å². The second-order valence-electron chi connectivity index (χ2n) is 3.53. The highest BCUT2D eigenvalue weighted by Gasteiger charge is 2.33. The molecule has 74 valence electrons. The molecule has 3 nitrogen and oxygen atoms in total. The molecule has 1 aromatic carbocycles. The molecule has 1 aromatic rings. The van der Waals surface area contributed by atoms with Gasteiger partial charge in [-0.25, -0.2) is 0 Å². The Morgan fingerprint density at radius 3 is 2.86 bits per heavy atom. The number of amides is 1. The summed E-state index contributed by atoms with van der Waals surface area (Å²) >= 11 is 0. The molecule has 0 fully saturated rings. The van der Waals surface area contributed by atoms with Crippen molar-refractivity contribution in [3.05, 3.63) is 29.8 Å². The fraction of sp³-hybridized carbons (Fsp3) is 0.364. The minimum atomic E-state index is -0.460. The van der Waals surface area contributed by atoms with Crippen molar-refractivity contribution in [3.63, 3.8) is 0 Å². The molecule has 0 radical (unpaired) electrons. The van der Waals surface area contributed by atoms with Crippen LogP contribution in [0.4, 0.5) is 5.69 Å². The van der Waals surface area contributed by atoms with Gasteiger partial charge in [0, 0.05) is 17.8 Å². The molecule has 0 aromatic heterocycles. The summed E-state index contributed by atoms with van der Waals surface area (Å²) in [6, 6.07) is 7.27. The lowest BCUT2D eigenvalue weighted by Gasteiger charge is -2.15. The lowest BCUT2D eigenvalue weighted by molar-refractivity contribution is -0.119. The smallest absolute Gasteiger partial charge is 0.248 e. The number of carbonyl (C=O) groups excluding carboxylic acids is 1. The van der Waals surface area contributed by atoms with Gasteiger partial charge in [-0.2, -0.15) is 0 Å². The van der Waals surface area contributed by atoms with E-state index in [0.717, 1.165) is 24.2 Å². The van der Waals surface area contributed by atoms with Crippen LogP contribution < -0.4 is 10.6 Å². The fourth-order valence-electron chi connectivity index (χ4n) is 1.87. The van der Waals surface area contributed by atoms with Gasteiger partial charge in [0.2, 0.25) is 5.91 Å². The third-order valence-electron chi connectivity index (χ3n) is 2.54. The average Bonchev–Trinajstić information content (AvgIpc) is 2.45. The lowest BCUT2D eigenvalue weighted by Crippen LogP contribution is -2.32. The van der Waals surface area contributed by atoms with Gasteiger partial charge in [0.05, 0.1) is 0 Å². The highest BCUT2D eigenvalue weighted by atomic mass is 16.2. The first-order valence-electron chi connectivity index (χ1n) is 4.91. The molecule has 2 N–H and O–H groups in total. The molecule has 14 heavy (non-hydrogen) atoms. The van der Waals surface area contributed by atoms with E-state index >= 15 is 0 Å². The van der Waals surface area contributed by atoms with Gasteiger partial charge in [-0.3, -0.25) is 4.79 Å². The standard InChI is InChI=1S/C11H14N2O/c1-2-7-13-9-6-4-3-5-8(9)10(12)11(13)14/h3-6,10H,2,7,12H2,1H3. The average molecular weight is 190 g/mol. The van der Waals surface area contributed by atoms with Crippen molar-refractivity contribution in [3.8, 4) is 0 Å². The van der Waals surface area contributed by atoms with Crippen molar-refractivity contribution in [1.29, 1.82) is 0 Å². The first-order valence-corrected chi connectivity index (χ1v) is 4.91. The van der Waals surface area contributed by atoms with E-state index < -0.39 is 6.04 Å². The predicted octanol–water partition coefficient (Wildman–Crippen LogP) is 1.44. The molecule has 0 saturated heterocycles. The van der Waals surface area contributed by atoms with Crippen LogP contribution in [0.15, 0.2) is 24.3 Å². The van der Waals surface area contributed by atoms with Crippen LogP contribution in [0.25, 0.3) is 0 Å². The minimum Gasteiger partial charge on any atom is -0.316 e. The summed E-state index contributed by atoms with van der Waals surface area (Å²) in [5, 5.41) is 0. The van der Waals surface area contributed by atoms with Crippen LogP contribution in [0.2, 0.25) is 0 Å². The Hall–Kier alpha value is -1.35. The van der Waals surface area contributed by atoms with Crippen LogP contribution in [0.5, 0.6) is 0 Å². The third kappa shape index (κ3) is 1.21. The highest BCUT2D eigenvalue weighted by molar-refractivity contribution is 6.04. The van der Waals surface area contributed by atoms with E-state index in [1.54, 1.807) is 4.90 Å². The second-order valence-corrected chi connectivity index (χ2v) is 3.53. The van der Waals surface area contributed by atoms with Crippen LogP contribution >= 0.6 is 0 Å². The van der Waals surface area contributed by atoms with E-state index in [9.17, 15) is 4.79 Å². The van der Waals surface area contributed by atoms with Gasteiger partial charge in [0.25, 0.3) is 0 Å². The van der Waals surface area contributed by atoms with Crippen molar-refractivity contribution < 1.29 is 4.79 Å². The third-order valence-corrected chi connectivity index (χ3v) is 2.54. The van der Waals surface area contributed by atoms with E-state index in [4.69, 9.17) is 5.73 Å². The first kappa shape index (κ1) is 9.21. The first-order chi connectivity index (χ1) is 6.75. The van der Waals surface area contributed by atoms with Gasteiger partial charge in [0.15, 0.2) is 0 Å². The molecule has 0 spiro atoms. The van der Waals surface area contributed by atoms with E-state index in [2.05, 4.69) is 6.92 Å². The maximum atomic E-state index is 11.8. The molecule has 2 rings (SSSR count). The number of nitrogens with zero attached hydrogens (tertiary/aromatic N) is 1. The van der Waals surface area contributed by atoms with Crippen molar-refractivity contribution in [2.24, 2.45) is 5.73 Å². The Labute approximate surface area is 83.5 Å². The van der Waals surface area contributed by atoms with Gasteiger partial charge in [-0.1, -0.05) is 25.1 Å². The molecule has 0 saturated carbocycles. The Morgan fingerprint density at radius 2 is 2.14 bits per heavy atom. The maximum absolute atomic E-state index is 11.8. The van der Waals surface area contributed by atoms with E-state index in [0.29, 0.717) is 0 Å². The molecule has 3 heteroatoms. The molecule has 1 amide bonds. The van der Waals surface area contributed by atoms with Crippen molar-refractivity contribution in [2.45, 2.75) is 19.4 Å². The summed E-state index contributed by atoms with van der Waals surface area (Å²) in [6.45, 7) is 2.81. The largest absolute Gasteiger partial charge is 0.316 e. The Morgan fingerprint density at radius 1 is 1.43 bits per heavy atom. The zero-order valence-corrected chi connectivity index (χ0v) is 8.23. The van der Waals surface area contributed by atoms with Crippen LogP contribution in [0.3, 0.4) is 0 Å². The van der Waals surface area contributed by atoms with Crippen LogP contribution in [0.1, 0.15) is 24.9 Å². The monoisotopic (exact) mass is 190 g/mol. The molecule has 1 unspecified atom stereocenters. The molecule has 1 heterocycles. The van der Waals surface area contributed by atoms with E-state index in [1.165, 1.54) is 0 Å². The molecule has 1 aliphatic rings. The van der Waals surface area contributed by atoms with Crippen LogP contribution in [-0.4, -0.2) is 12.5 Å². The maximum Gasteiger partial charge on any atom is 0.248 e. The number of benzene rings is 1. The van der Waals surface area contributed by atoms with Gasteiger partial charge >= 0.3 is 0 Å². The zero-order chi connectivity index (χ0) is 10.1. The number of rotatable bonds is 2. The Balaban J connectivity index is 2.42. The summed E-state index contributed by atoms with van der Waals surface area (Å²) < 4.78 is 0. The van der Waals surface area contributed by atoms with Crippen molar-refractivity contribution in [1.82, 2.24) is 0 Å². The summed E-state index contributed by atoms with van der Waals surface area (Å²) in [6.07, 6.45) is 0.951. The molecule has 1 aliphatic heterocycles. The number of nitrogens with two attached hydrogens (primary N) is 1. The minimum absolute atomic E-state index is 0.0213. The number of hydrogen-bond acceptors (Lipinski definition) is 2. The summed E-state index contributed by atoms with van der Waals surface area (Å²) in [5.74, 6) is 0.0213. The van der Waals surface area contributed by atoms with Crippen molar-refractivity contribution in [2.75, 3.05) is 11.4 Å². The predicted molar refractivity (Wildman–Crippen MR) is 56.0 cm³/mol. The summed E-state index contributed by atoms with van der Waals surface area (Å²) in [7, 11) is 0. The molecular weight excluding hydrogens is 176 g/mol. The highest BCUT2D eigenvalue weighted by Crippen LogP contribution is 2.33. The second kappa shape index (κ2) is 3.42. The number of para-hydroxylation sites is 1. The molecule has 1 atom stereocenters. The van der Waals surface area contributed by atoms with Gasteiger partial charge in [-0.05, 0) is 12.5 Å². The normalized spacial score (nSPS) is 20.0.